The Morgan fingerprint density at radius 1 is 1.30 bits per heavy atom. The molecule has 0 radical (unpaired) electrons. The second-order valence-corrected chi connectivity index (χ2v) is 10.2. The third kappa shape index (κ3) is 2.18. The van der Waals surface area contributed by atoms with Gasteiger partial charge in [0.2, 0.25) is 0 Å². The number of aliphatic hydroxyl groups excluding tert-OH is 3. The zero-order chi connectivity index (χ0) is 21.6. The molecule has 0 saturated heterocycles. The van der Waals surface area contributed by atoms with Gasteiger partial charge in [0.15, 0.2) is 23.0 Å². The van der Waals surface area contributed by atoms with Crippen LogP contribution in [0.2, 0.25) is 0 Å². The Kier molecular flexibility index (Phi) is 4.09. The molecule has 0 amide bonds. The fraction of sp³-hybridized carbons (Fsp3) is 0.696. The van der Waals surface area contributed by atoms with Gasteiger partial charge in [0, 0.05) is 23.7 Å². The molecule has 0 bridgehead atoms. The SMILES string of the molecule is CC1=N[C@@]2(C(=O)CO)[C@H](C[C@H]3[C@@H]4C[C@H](O)C5=CC(=O)C=C[C@]5(C)[C@H]4[C@@H](O)C[C@@]32C)O1. The molecule has 0 spiro atoms. The average molecular weight is 415 g/mol. The maximum absolute atomic E-state index is 13.1. The summed E-state index contributed by atoms with van der Waals surface area (Å²) in [5.41, 5.74) is -1.85. The van der Waals surface area contributed by atoms with Gasteiger partial charge in [-0.3, -0.25) is 9.59 Å². The van der Waals surface area contributed by atoms with Crippen LogP contribution in [0.3, 0.4) is 0 Å². The second kappa shape index (κ2) is 6.11. The van der Waals surface area contributed by atoms with Gasteiger partial charge in [-0.25, -0.2) is 4.99 Å². The Morgan fingerprint density at radius 3 is 2.73 bits per heavy atom. The zero-order valence-corrected chi connectivity index (χ0v) is 17.5. The number of ether oxygens (including phenoxy) is 1. The fourth-order valence-electron chi connectivity index (χ4n) is 7.86. The molecule has 5 rings (SSSR count). The molecule has 7 nitrogen and oxygen atoms in total. The quantitative estimate of drug-likeness (QED) is 0.619. The van der Waals surface area contributed by atoms with Crippen molar-refractivity contribution < 1.29 is 29.6 Å². The monoisotopic (exact) mass is 415 g/mol. The van der Waals surface area contributed by atoms with Crippen molar-refractivity contribution in [2.24, 2.45) is 33.6 Å². The fourth-order valence-corrected chi connectivity index (χ4v) is 7.86. The molecule has 0 aromatic heterocycles. The lowest BCUT2D eigenvalue weighted by Crippen LogP contribution is -2.63. The van der Waals surface area contributed by atoms with Crippen LogP contribution in [0.15, 0.2) is 28.8 Å². The molecule has 0 aromatic rings. The maximum Gasteiger partial charge on any atom is 0.190 e. The van der Waals surface area contributed by atoms with Crippen LogP contribution in [0.1, 0.15) is 40.0 Å². The van der Waals surface area contributed by atoms with Crippen LogP contribution in [0.5, 0.6) is 0 Å². The van der Waals surface area contributed by atoms with Crippen LogP contribution >= 0.6 is 0 Å². The number of aliphatic hydroxyl groups is 3. The molecule has 7 heteroatoms. The van der Waals surface area contributed by atoms with Gasteiger partial charge >= 0.3 is 0 Å². The summed E-state index contributed by atoms with van der Waals surface area (Å²) in [6.07, 6.45) is 4.23. The van der Waals surface area contributed by atoms with Crippen LogP contribution in [0, 0.1) is 28.6 Å². The molecule has 162 valence electrons. The van der Waals surface area contributed by atoms with Gasteiger partial charge < -0.3 is 20.1 Å². The number of allylic oxidation sites excluding steroid dienone is 3. The van der Waals surface area contributed by atoms with Gasteiger partial charge in [0.05, 0.1) is 12.2 Å². The predicted octanol–water partition coefficient (Wildman–Crippen LogP) is 0.963. The minimum absolute atomic E-state index is 0.0118. The third-order valence-electron chi connectivity index (χ3n) is 8.92. The van der Waals surface area contributed by atoms with E-state index in [1.54, 1.807) is 6.92 Å². The Balaban J connectivity index is 1.63. The first kappa shape index (κ1) is 20.1. The minimum atomic E-state index is -1.21. The highest BCUT2D eigenvalue weighted by Gasteiger charge is 2.74. The molecule has 1 aliphatic heterocycles. The van der Waals surface area contributed by atoms with Crippen molar-refractivity contribution in [2.45, 2.75) is 63.9 Å². The number of aliphatic imine (C=N–C) groups is 1. The van der Waals surface area contributed by atoms with E-state index in [9.17, 15) is 24.9 Å². The first-order valence-corrected chi connectivity index (χ1v) is 10.8. The first-order chi connectivity index (χ1) is 14.1. The number of hydrogen-bond donors (Lipinski definition) is 3. The van der Waals surface area contributed by atoms with Crippen LogP contribution in [-0.2, 0) is 14.3 Å². The van der Waals surface area contributed by atoms with Crippen molar-refractivity contribution >= 4 is 17.5 Å². The van der Waals surface area contributed by atoms with E-state index in [0.717, 1.165) is 0 Å². The van der Waals surface area contributed by atoms with Gasteiger partial charge in [-0.15, -0.1) is 0 Å². The Morgan fingerprint density at radius 2 is 2.03 bits per heavy atom. The molecule has 3 fully saturated rings. The van der Waals surface area contributed by atoms with E-state index in [2.05, 4.69) is 4.99 Å². The van der Waals surface area contributed by atoms with Crippen molar-refractivity contribution in [1.29, 1.82) is 0 Å². The molecule has 1 heterocycles. The second-order valence-electron chi connectivity index (χ2n) is 10.2. The molecule has 0 unspecified atom stereocenters. The van der Waals surface area contributed by atoms with Crippen molar-refractivity contribution in [3.63, 3.8) is 0 Å². The van der Waals surface area contributed by atoms with Gasteiger partial charge in [-0.05, 0) is 48.8 Å². The van der Waals surface area contributed by atoms with Crippen molar-refractivity contribution in [3.8, 4) is 0 Å². The molecule has 3 saturated carbocycles. The van der Waals surface area contributed by atoms with Gasteiger partial charge in [-0.1, -0.05) is 19.9 Å². The average Bonchev–Trinajstić information content (AvgIpc) is 3.13. The smallest absolute Gasteiger partial charge is 0.190 e. The van der Waals surface area contributed by atoms with Crippen LogP contribution in [0.4, 0.5) is 0 Å². The van der Waals surface area contributed by atoms with Crippen LogP contribution in [0.25, 0.3) is 0 Å². The van der Waals surface area contributed by atoms with E-state index >= 15 is 0 Å². The van der Waals surface area contributed by atoms with E-state index < -0.39 is 41.3 Å². The standard InChI is InChI=1S/C23H29NO6/c1-11-24-23(18(29)10-25)19(30-11)8-14-13-7-16(27)15-6-12(26)4-5-21(15,2)20(13)17(28)9-22(14,23)3/h4-6,13-14,16-17,19-20,25,27-28H,7-10H2,1-3H3/t13-,14-,16-,17-,19-,20+,21-,22-,23-/m0/s1. The number of fused-ring (bicyclic) bond motifs is 7. The molecule has 3 N–H and O–H groups in total. The molecular formula is C23H29NO6. The normalized spacial score (nSPS) is 51.2. The van der Waals surface area contributed by atoms with Gasteiger partial charge in [-0.2, -0.15) is 0 Å². The summed E-state index contributed by atoms with van der Waals surface area (Å²) in [6.45, 7) is 5.06. The zero-order valence-electron chi connectivity index (χ0n) is 17.5. The topological polar surface area (TPSA) is 116 Å². The number of hydrogen-bond acceptors (Lipinski definition) is 7. The minimum Gasteiger partial charge on any atom is -0.475 e. The molecule has 30 heavy (non-hydrogen) atoms. The predicted molar refractivity (Wildman–Crippen MR) is 108 cm³/mol. The summed E-state index contributed by atoms with van der Waals surface area (Å²) >= 11 is 0. The molecule has 4 aliphatic carbocycles. The number of ketones is 2. The summed E-state index contributed by atoms with van der Waals surface area (Å²) in [6, 6.07) is 0. The Hall–Kier alpha value is -1.83. The van der Waals surface area contributed by atoms with Crippen LogP contribution in [-0.4, -0.2) is 63.2 Å². The molecule has 5 aliphatic rings. The van der Waals surface area contributed by atoms with Crippen molar-refractivity contribution in [2.75, 3.05) is 6.61 Å². The summed E-state index contributed by atoms with van der Waals surface area (Å²) in [7, 11) is 0. The number of rotatable bonds is 2. The molecular weight excluding hydrogens is 386 g/mol. The van der Waals surface area contributed by atoms with E-state index in [-0.39, 0.29) is 29.3 Å². The molecule has 9 atom stereocenters. The van der Waals surface area contributed by atoms with Crippen molar-refractivity contribution in [1.82, 2.24) is 0 Å². The summed E-state index contributed by atoms with van der Waals surface area (Å²) in [4.78, 5) is 29.7. The first-order valence-electron chi connectivity index (χ1n) is 10.8. The highest BCUT2D eigenvalue weighted by atomic mass is 16.5. The van der Waals surface area contributed by atoms with E-state index in [1.807, 2.05) is 19.9 Å². The van der Waals surface area contributed by atoms with Gasteiger partial charge in [0.1, 0.15) is 12.7 Å². The van der Waals surface area contributed by atoms with E-state index in [0.29, 0.717) is 30.7 Å². The maximum atomic E-state index is 13.1. The third-order valence-corrected chi connectivity index (χ3v) is 8.92. The number of carbonyl (C=O) groups excluding carboxylic acids is 2. The molecule has 0 aromatic carbocycles. The number of carbonyl (C=O) groups is 2. The lowest BCUT2D eigenvalue weighted by molar-refractivity contribution is -0.150. The van der Waals surface area contributed by atoms with Crippen molar-refractivity contribution in [3.05, 3.63) is 23.8 Å². The Bertz CT molecular complexity index is 923. The Labute approximate surface area is 175 Å². The summed E-state index contributed by atoms with van der Waals surface area (Å²) in [5, 5.41) is 32.2. The lowest BCUT2D eigenvalue weighted by atomic mass is 9.45. The summed E-state index contributed by atoms with van der Waals surface area (Å²) < 4.78 is 5.96. The number of nitrogens with zero attached hydrogens (tertiary/aromatic N) is 1. The van der Waals surface area contributed by atoms with E-state index in [4.69, 9.17) is 4.74 Å². The van der Waals surface area contributed by atoms with Gasteiger partial charge in [0.25, 0.3) is 0 Å². The highest BCUT2D eigenvalue weighted by Crippen LogP contribution is 2.69. The lowest BCUT2D eigenvalue weighted by Gasteiger charge is -2.60. The number of Topliss-reactive ketones (excluding diaryl/α,β-unsaturated/α-hetero) is 1. The van der Waals surface area contributed by atoms with Crippen LogP contribution < -0.4 is 0 Å². The highest BCUT2D eigenvalue weighted by molar-refractivity contribution is 6.01. The largest absolute Gasteiger partial charge is 0.475 e. The summed E-state index contributed by atoms with van der Waals surface area (Å²) in [5.74, 6) is -0.334. The van der Waals surface area contributed by atoms with E-state index in [1.165, 1.54) is 12.2 Å².